The van der Waals surface area contributed by atoms with Crippen molar-refractivity contribution >= 4 is 63.9 Å². The van der Waals surface area contributed by atoms with Crippen molar-refractivity contribution in [1.29, 1.82) is 0 Å². The number of benzene rings is 4. The van der Waals surface area contributed by atoms with Crippen LogP contribution < -0.4 is 9.80 Å². The Morgan fingerprint density at radius 1 is 0.977 bits per heavy atom. The fourth-order valence-electron chi connectivity index (χ4n) is 7.75. The Balaban J connectivity index is 1.27. The normalized spacial score (nSPS) is 24.6. The highest BCUT2D eigenvalue weighted by atomic mass is 79.9. The second-order valence-corrected chi connectivity index (χ2v) is 17.3. The zero-order valence-corrected chi connectivity index (χ0v) is 26.8. The minimum absolute atomic E-state index is 0.0692. The largest absolute Gasteiger partial charge is 0.432 e. The van der Waals surface area contributed by atoms with Crippen molar-refractivity contribution in [2.75, 3.05) is 16.4 Å². The summed E-state index contributed by atoms with van der Waals surface area (Å²) in [6.45, 7) is 5.95. The molecule has 4 atom stereocenters. The van der Waals surface area contributed by atoms with E-state index in [-0.39, 0.29) is 36.4 Å². The number of nitrogens with zero attached hydrogens (tertiary/aromatic N) is 2. The number of rotatable bonds is 6. The average Bonchev–Trinajstić information content (AvgIpc) is 3.52. The number of ether oxygens (including phenoxy) is 1. The Labute approximate surface area is 260 Å². The van der Waals surface area contributed by atoms with Crippen LogP contribution in [0, 0.1) is 5.92 Å². The summed E-state index contributed by atoms with van der Waals surface area (Å²) in [4.78, 5) is 43.0. The molecule has 3 aliphatic heterocycles. The van der Waals surface area contributed by atoms with Crippen LogP contribution in [0.15, 0.2) is 83.3 Å². The van der Waals surface area contributed by atoms with E-state index in [0.29, 0.717) is 12.0 Å². The summed E-state index contributed by atoms with van der Waals surface area (Å²) in [5.74, 6) is -0.536. The van der Waals surface area contributed by atoms with E-state index in [1.807, 2.05) is 98.9 Å². The van der Waals surface area contributed by atoms with Gasteiger partial charge in [-0.15, -0.1) is 0 Å². The van der Waals surface area contributed by atoms with Gasteiger partial charge in [0.25, 0.3) is 11.8 Å². The molecule has 0 unspecified atom stereocenters. The smallest absolute Gasteiger partial charge is 0.264 e. The number of hydrogen-bond donors (Lipinski definition) is 2. The Morgan fingerprint density at radius 2 is 1.72 bits per heavy atom. The lowest BCUT2D eigenvalue weighted by Crippen LogP contribution is -2.46. The van der Waals surface area contributed by atoms with Gasteiger partial charge in [0.05, 0.1) is 29.6 Å². The van der Waals surface area contributed by atoms with E-state index >= 15 is 0 Å². The van der Waals surface area contributed by atoms with Gasteiger partial charge in [0.1, 0.15) is 0 Å². The summed E-state index contributed by atoms with van der Waals surface area (Å²) in [6, 6.07) is 25.3. The quantitative estimate of drug-likeness (QED) is 0.228. The molecule has 220 valence electrons. The molecule has 9 heteroatoms. The minimum atomic E-state index is -2.77. The van der Waals surface area contributed by atoms with E-state index < -0.39 is 20.0 Å². The molecule has 7 nitrogen and oxygen atoms in total. The fraction of sp³-hybridized carbons (Fsp3) is 0.294. The maximum atomic E-state index is 14.6. The van der Waals surface area contributed by atoms with Crippen molar-refractivity contribution in [3.05, 3.63) is 100 Å². The van der Waals surface area contributed by atoms with E-state index in [1.54, 1.807) is 9.80 Å². The number of carbonyl (C=O) groups is 2. The third-order valence-corrected chi connectivity index (χ3v) is 12.4. The molecule has 1 saturated heterocycles. The first-order valence-corrected chi connectivity index (χ1v) is 18.5. The maximum absolute atomic E-state index is 14.6. The van der Waals surface area contributed by atoms with Crippen molar-refractivity contribution in [2.45, 2.75) is 50.2 Å². The number of halogens is 1. The van der Waals surface area contributed by atoms with E-state index in [2.05, 4.69) is 15.9 Å². The maximum Gasteiger partial charge on any atom is 0.264 e. The molecular formula is C34H33BrN2O5Si. The van der Waals surface area contributed by atoms with Gasteiger partial charge in [-0.05, 0) is 72.9 Å². The highest BCUT2D eigenvalue weighted by Crippen LogP contribution is 2.60. The average molecular weight is 658 g/mol. The van der Waals surface area contributed by atoms with Gasteiger partial charge in [-0.25, -0.2) is 0 Å². The molecule has 0 saturated carbocycles. The third kappa shape index (κ3) is 4.17. The highest BCUT2D eigenvalue weighted by Gasteiger charge is 2.66. The van der Waals surface area contributed by atoms with Gasteiger partial charge in [0.2, 0.25) is 0 Å². The number of anilines is 3. The standard InChI is InChI=1S/C34H33BrN2O5Si/c1-20-31(43(2,3)41)29(15-16-38)42-34(20)26-18-23(35)13-14-27(26)36(33(34)40)19-21-7-4-10-24(17-21)37-28-12-6-9-22-8-5-11-25(30(22)28)32(37)39/h4-14,17-18,20,29,31,38,41H,15-16,19H2,1-3H3/t20-,29+,31-,34+/m0/s1. The SMILES string of the molecule is C[C@H]1[C@H]([Si](C)(C)O)[C@@H](CCO)O[C@]12C(=O)N(Cc1cccc(N3C(=O)c4cccc5cccc3c45)c1)c1ccc(Br)cc12. The second-order valence-electron chi connectivity index (χ2n) is 12.4. The number of hydrogen-bond acceptors (Lipinski definition) is 5. The molecule has 2 amide bonds. The van der Waals surface area contributed by atoms with Crippen LogP contribution in [-0.4, -0.2) is 42.7 Å². The predicted molar refractivity (Wildman–Crippen MR) is 173 cm³/mol. The van der Waals surface area contributed by atoms with E-state index in [9.17, 15) is 19.5 Å². The molecule has 2 N–H and O–H groups in total. The van der Waals surface area contributed by atoms with Crippen LogP contribution in [-0.2, 0) is 21.7 Å². The fourth-order valence-corrected chi connectivity index (χ4v) is 10.7. The Kier molecular flexibility index (Phi) is 6.68. The molecule has 0 bridgehead atoms. The van der Waals surface area contributed by atoms with Gasteiger partial charge in [-0.1, -0.05) is 59.3 Å². The molecule has 3 heterocycles. The van der Waals surface area contributed by atoms with E-state index in [0.717, 1.165) is 43.4 Å². The van der Waals surface area contributed by atoms with Crippen LogP contribution >= 0.6 is 15.9 Å². The lowest BCUT2D eigenvalue weighted by molar-refractivity contribution is -0.146. The van der Waals surface area contributed by atoms with Gasteiger partial charge in [0.15, 0.2) is 13.9 Å². The van der Waals surface area contributed by atoms with Crippen LogP contribution in [0.2, 0.25) is 18.6 Å². The van der Waals surface area contributed by atoms with Gasteiger partial charge in [-0.2, -0.15) is 0 Å². The lowest BCUT2D eigenvalue weighted by Gasteiger charge is -2.32. The van der Waals surface area contributed by atoms with Crippen molar-refractivity contribution in [2.24, 2.45) is 5.92 Å². The molecule has 0 aromatic heterocycles. The molecule has 1 fully saturated rings. The lowest BCUT2D eigenvalue weighted by atomic mass is 9.82. The van der Waals surface area contributed by atoms with Gasteiger partial charge in [-0.3, -0.25) is 14.5 Å². The first-order valence-electron chi connectivity index (χ1n) is 14.6. The van der Waals surface area contributed by atoms with Crippen molar-refractivity contribution in [3.8, 4) is 0 Å². The first-order chi connectivity index (χ1) is 20.6. The highest BCUT2D eigenvalue weighted by molar-refractivity contribution is 9.10. The van der Waals surface area contributed by atoms with Crippen LogP contribution in [0.3, 0.4) is 0 Å². The number of aliphatic hydroxyl groups excluding tert-OH is 1. The topological polar surface area (TPSA) is 90.3 Å². The third-order valence-electron chi connectivity index (χ3n) is 9.43. The molecule has 7 rings (SSSR count). The van der Waals surface area contributed by atoms with Crippen molar-refractivity contribution < 1.29 is 24.2 Å². The summed E-state index contributed by atoms with van der Waals surface area (Å²) >= 11 is 3.60. The molecule has 0 aliphatic carbocycles. The van der Waals surface area contributed by atoms with Crippen molar-refractivity contribution in [1.82, 2.24) is 0 Å². The van der Waals surface area contributed by atoms with Crippen LogP contribution in [0.4, 0.5) is 17.1 Å². The van der Waals surface area contributed by atoms with E-state index in [1.165, 1.54) is 0 Å². The molecule has 4 aromatic rings. The van der Waals surface area contributed by atoms with Gasteiger partial charge in [0, 0.05) is 39.2 Å². The predicted octanol–water partition coefficient (Wildman–Crippen LogP) is 6.62. The summed E-state index contributed by atoms with van der Waals surface area (Å²) in [5, 5.41) is 11.8. The first kappa shape index (κ1) is 28.4. The van der Waals surface area contributed by atoms with Crippen LogP contribution in [0.25, 0.3) is 10.8 Å². The minimum Gasteiger partial charge on any atom is -0.432 e. The molecular weight excluding hydrogens is 624 g/mol. The van der Waals surface area contributed by atoms with Crippen molar-refractivity contribution in [3.63, 3.8) is 0 Å². The zero-order chi connectivity index (χ0) is 30.3. The molecule has 43 heavy (non-hydrogen) atoms. The number of amides is 2. The monoisotopic (exact) mass is 656 g/mol. The molecule has 3 aliphatic rings. The second kappa shape index (κ2) is 10.1. The van der Waals surface area contributed by atoms with Crippen LogP contribution in [0.5, 0.6) is 0 Å². The summed E-state index contributed by atoms with van der Waals surface area (Å²) < 4.78 is 7.54. The Hall–Kier alpha value is -3.34. The number of carbonyl (C=O) groups excluding carboxylic acids is 2. The molecule has 0 radical (unpaired) electrons. The zero-order valence-electron chi connectivity index (χ0n) is 24.3. The Bertz CT molecular complexity index is 1800. The Morgan fingerprint density at radius 3 is 2.47 bits per heavy atom. The van der Waals surface area contributed by atoms with Gasteiger partial charge < -0.3 is 19.5 Å². The van der Waals surface area contributed by atoms with E-state index in [4.69, 9.17) is 4.74 Å². The van der Waals surface area contributed by atoms with Crippen LogP contribution in [0.1, 0.15) is 34.8 Å². The summed E-state index contributed by atoms with van der Waals surface area (Å²) in [5.41, 5.74) is 3.19. The summed E-state index contributed by atoms with van der Waals surface area (Å²) in [6.07, 6.45) is -0.0814. The molecule has 1 spiro atoms. The molecule has 4 aromatic carbocycles. The number of aliphatic hydroxyl groups is 1. The summed E-state index contributed by atoms with van der Waals surface area (Å²) in [7, 11) is -2.77. The van der Waals surface area contributed by atoms with Gasteiger partial charge >= 0.3 is 0 Å². The number of fused-ring (bicyclic) bond motifs is 2.